The average Bonchev–Trinajstić information content (AvgIpc) is 3.18. The Balaban J connectivity index is 1.69. The molecular weight excluding hydrogens is 344 g/mol. The lowest BCUT2D eigenvalue weighted by atomic mass is 10.1. The molecule has 130 valence electrons. The van der Waals surface area contributed by atoms with Crippen molar-refractivity contribution in [3.63, 3.8) is 0 Å². The van der Waals surface area contributed by atoms with E-state index in [0.29, 0.717) is 22.4 Å². The van der Waals surface area contributed by atoms with E-state index in [4.69, 9.17) is 10.00 Å². The summed E-state index contributed by atoms with van der Waals surface area (Å²) in [6.45, 7) is 1.64. The fourth-order valence-electron chi connectivity index (χ4n) is 2.73. The second-order valence-corrected chi connectivity index (χ2v) is 5.86. The van der Waals surface area contributed by atoms with E-state index in [1.54, 1.807) is 61.5 Å². The normalized spacial score (nSPS) is 12.3. The molecule has 0 atom stereocenters. The number of carbonyl (C=O) groups is 2. The molecule has 0 fully saturated rings. The van der Waals surface area contributed by atoms with Gasteiger partial charge in [0.1, 0.15) is 11.4 Å². The molecule has 0 N–H and O–H groups in total. The maximum Gasteiger partial charge on any atom is 0.343 e. The number of hydrogen-bond acceptors (Lipinski definition) is 6. The third-order valence-electron chi connectivity index (χ3n) is 4.09. The van der Waals surface area contributed by atoms with Crippen molar-refractivity contribution in [3.8, 4) is 11.8 Å². The minimum atomic E-state index is -0.552. The van der Waals surface area contributed by atoms with Gasteiger partial charge in [0.2, 0.25) is 5.82 Å². The van der Waals surface area contributed by atoms with E-state index in [9.17, 15) is 9.59 Å². The summed E-state index contributed by atoms with van der Waals surface area (Å²) >= 11 is 0. The maximum atomic E-state index is 12.6. The van der Waals surface area contributed by atoms with Crippen LogP contribution in [0.1, 0.15) is 32.0 Å². The number of carbonyl (C=O) groups excluding carboxylic acids is 2. The Morgan fingerprint density at radius 3 is 2.48 bits per heavy atom. The fourth-order valence-corrected chi connectivity index (χ4v) is 2.73. The molecule has 7 heteroatoms. The SMILES string of the molecule is Cc1nn2c(c1OC(=O)c1ccccc1)N=C(c1ccc(C#N)cc1)C2=O. The zero-order chi connectivity index (χ0) is 19.0. The smallest absolute Gasteiger partial charge is 0.343 e. The van der Waals surface area contributed by atoms with Crippen LogP contribution in [0.4, 0.5) is 5.82 Å². The number of rotatable bonds is 3. The second-order valence-electron chi connectivity index (χ2n) is 5.86. The first-order valence-electron chi connectivity index (χ1n) is 8.09. The van der Waals surface area contributed by atoms with Gasteiger partial charge in [-0.1, -0.05) is 30.3 Å². The van der Waals surface area contributed by atoms with Gasteiger partial charge in [-0.25, -0.2) is 9.79 Å². The number of hydrogen-bond donors (Lipinski definition) is 0. The van der Waals surface area contributed by atoms with E-state index < -0.39 is 11.9 Å². The lowest BCUT2D eigenvalue weighted by molar-refractivity contribution is 0.0733. The summed E-state index contributed by atoms with van der Waals surface area (Å²) in [5, 5.41) is 13.0. The van der Waals surface area contributed by atoms with Gasteiger partial charge in [-0.05, 0) is 31.2 Å². The van der Waals surface area contributed by atoms with Crippen molar-refractivity contribution >= 4 is 23.4 Å². The van der Waals surface area contributed by atoms with E-state index in [1.165, 1.54) is 0 Å². The number of ether oxygens (including phenoxy) is 1. The third kappa shape index (κ3) is 2.79. The number of benzene rings is 2. The van der Waals surface area contributed by atoms with Gasteiger partial charge in [0.05, 0.1) is 17.2 Å². The molecular formula is C20H12N4O3. The van der Waals surface area contributed by atoms with E-state index in [2.05, 4.69) is 10.1 Å². The van der Waals surface area contributed by atoms with Gasteiger partial charge in [0.15, 0.2) is 5.75 Å². The Kier molecular flexibility index (Phi) is 3.86. The summed E-state index contributed by atoms with van der Waals surface area (Å²) in [6, 6.07) is 17.1. The molecule has 3 aromatic rings. The highest BCUT2D eigenvalue weighted by atomic mass is 16.5. The van der Waals surface area contributed by atoms with Crippen molar-refractivity contribution < 1.29 is 14.3 Å². The second kappa shape index (κ2) is 6.35. The Morgan fingerprint density at radius 2 is 1.81 bits per heavy atom. The molecule has 2 aromatic carbocycles. The molecule has 7 nitrogen and oxygen atoms in total. The van der Waals surface area contributed by atoms with Crippen LogP contribution in [0, 0.1) is 18.3 Å². The van der Waals surface area contributed by atoms with Gasteiger partial charge >= 0.3 is 5.97 Å². The molecule has 0 saturated carbocycles. The first kappa shape index (κ1) is 16.4. The lowest BCUT2D eigenvalue weighted by Gasteiger charge is -2.03. The Morgan fingerprint density at radius 1 is 1.11 bits per heavy atom. The summed E-state index contributed by atoms with van der Waals surface area (Å²) < 4.78 is 6.58. The number of fused-ring (bicyclic) bond motifs is 1. The quantitative estimate of drug-likeness (QED) is 0.672. The van der Waals surface area contributed by atoms with Crippen LogP contribution in [-0.2, 0) is 0 Å². The summed E-state index contributed by atoms with van der Waals surface area (Å²) in [4.78, 5) is 29.3. The van der Waals surface area contributed by atoms with E-state index in [0.717, 1.165) is 4.68 Å². The van der Waals surface area contributed by atoms with Gasteiger partial charge in [-0.3, -0.25) is 4.79 Å². The third-order valence-corrected chi connectivity index (χ3v) is 4.09. The molecule has 0 aliphatic carbocycles. The zero-order valence-corrected chi connectivity index (χ0v) is 14.2. The highest BCUT2D eigenvalue weighted by molar-refractivity contribution is 6.48. The summed E-state index contributed by atoms with van der Waals surface area (Å²) in [6.07, 6.45) is 0. The molecule has 4 rings (SSSR count). The van der Waals surface area contributed by atoms with Crippen LogP contribution in [0.15, 0.2) is 59.6 Å². The first-order valence-corrected chi connectivity index (χ1v) is 8.09. The molecule has 0 spiro atoms. The van der Waals surface area contributed by atoms with Crippen molar-refractivity contribution in [1.82, 2.24) is 9.78 Å². The van der Waals surface area contributed by atoms with Crippen LogP contribution in [0.2, 0.25) is 0 Å². The fraction of sp³-hybridized carbons (Fsp3) is 0.0500. The molecule has 1 aliphatic rings. The largest absolute Gasteiger partial charge is 0.417 e. The van der Waals surface area contributed by atoms with Gasteiger partial charge in [0, 0.05) is 5.56 Å². The number of nitrogens with zero attached hydrogens (tertiary/aromatic N) is 4. The summed E-state index contributed by atoms with van der Waals surface area (Å²) in [5.41, 5.74) is 2.00. The van der Waals surface area contributed by atoms with Gasteiger partial charge in [0.25, 0.3) is 5.91 Å². The number of aromatic nitrogens is 2. The minimum Gasteiger partial charge on any atom is -0.417 e. The molecule has 0 amide bonds. The van der Waals surface area contributed by atoms with Gasteiger partial charge < -0.3 is 4.74 Å². The Labute approximate surface area is 154 Å². The topological polar surface area (TPSA) is 97.3 Å². The van der Waals surface area contributed by atoms with E-state index in [-0.39, 0.29) is 17.3 Å². The summed E-state index contributed by atoms with van der Waals surface area (Å²) in [5.74, 6) is -0.634. The standard InChI is InChI=1S/C20H12N4O3/c1-12-17(27-20(26)15-5-3-2-4-6-15)18-22-16(19(25)24(18)23-12)14-9-7-13(11-21)8-10-14/h2-10H,1H3. The first-order chi connectivity index (χ1) is 13.1. The molecule has 1 aromatic heterocycles. The molecule has 0 bridgehead atoms. The zero-order valence-electron chi connectivity index (χ0n) is 14.2. The highest BCUT2D eigenvalue weighted by Crippen LogP contribution is 2.36. The predicted octanol–water partition coefficient (Wildman–Crippen LogP) is 3.06. The van der Waals surface area contributed by atoms with Crippen molar-refractivity contribution in [2.24, 2.45) is 4.99 Å². The molecule has 0 unspecified atom stereocenters. The number of esters is 1. The molecule has 2 heterocycles. The van der Waals surface area contributed by atoms with Crippen LogP contribution < -0.4 is 4.74 Å². The lowest BCUT2D eigenvalue weighted by Crippen LogP contribution is -2.18. The van der Waals surface area contributed by atoms with Crippen LogP contribution in [0.25, 0.3) is 0 Å². The molecule has 1 aliphatic heterocycles. The van der Waals surface area contributed by atoms with E-state index in [1.807, 2.05) is 6.07 Å². The van der Waals surface area contributed by atoms with Gasteiger partial charge in [-0.2, -0.15) is 15.0 Å². The number of aryl methyl sites for hydroxylation is 1. The Hall–Kier alpha value is -4.05. The number of aliphatic imine (C=N–C) groups is 1. The number of nitriles is 1. The maximum absolute atomic E-state index is 12.6. The van der Waals surface area contributed by atoms with Crippen molar-refractivity contribution in [2.75, 3.05) is 0 Å². The van der Waals surface area contributed by atoms with Crippen LogP contribution in [0.5, 0.6) is 5.75 Å². The highest BCUT2D eigenvalue weighted by Gasteiger charge is 2.32. The summed E-state index contributed by atoms with van der Waals surface area (Å²) in [7, 11) is 0. The monoisotopic (exact) mass is 356 g/mol. The van der Waals surface area contributed by atoms with Crippen molar-refractivity contribution in [3.05, 3.63) is 77.0 Å². The minimum absolute atomic E-state index is 0.154. The molecule has 0 saturated heterocycles. The van der Waals surface area contributed by atoms with Crippen LogP contribution in [-0.4, -0.2) is 27.4 Å². The van der Waals surface area contributed by atoms with Crippen molar-refractivity contribution in [2.45, 2.75) is 6.92 Å². The predicted molar refractivity (Wildman–Crippen MR) is 96.3 cm³/mol. The average molecular weight is 356 g/mol. The van der Waals surface area contributed by atoms with Crippen LogP contribution >= 0.6 is 0 Å². The van der Waals surface area contributed by atoms with Gasteiger partial charge in [-0.15, -0.1) is 0 Å². The van der Waals surface area contributed by atoms with Crippen molar-refractivity contribution in [1.29, 1.82) is 5.26 Å². The van der Waals surface area contributed by atoms with Crippen LogP contribution in [0.3, 0.4) is 0 Å². The molecule has 0 radical (unpaired) electrons. The Bertz CT molecular complexity index is 1140. The molecule has 27 heavy (non-hydrogen) atoms. The van der Waals surface area contributed by atoms with E-state index >= 15 is 0 Å².